The largest absolute Gasteiger partial charge is 0.323 e. The van der Waals surface area contributed by atoms with Crippen LogP contribution in [0.4, 0.5) is 0 Å². The molecule has 2 nitrogen and oxygen atoms in total. The van der Waals surface area contributed by atoms with E-state index in [0.717, 1.165) is 12.6 Å². The number of hydrogen-bond donors (Lipinski definition) is 1. The lowest BCUT2D eigenvalue weighted by Gasteiger charge is -2.29. The summed E-state index contributed by atoms with van der Waals surface area (Å²) in [4.78, 5) is 2.61. The molecule has 2 rings (SSSR count). The van der Waals surface area contributed by atoms with Crippen molar-refractivity contribution in [3.05, 3.63) is 34.4 Å². The van der Waals surface area contributed by atoms with Crippen LogP contribution >= 0.6 is 0 Å². The van der Waals surface area contributed by atoms with Crippen LogP contribution < -0.4 is 5.73 Å². The first-order chi connectivity index (χ1) is 9.38. The topological polar surface area (TPSA) is 29.3 Å². The lowest BCUT2D eigenvalue weighted by Crippen LogP contribution is -2.37. The van der Waals surface area contributed by atoms with Crippen molar-refractivity contribution in [1.29, 1.82) is 0 Å². The van der Waals surface area contributed by atoms with Crippen LogP contribution in [0.15, 0.2) is 12.1 Å². The van der Waals surface area contributed by atoms with Gasteiger partial charge in [0.15, 0.2) is 0 Å². The molecule has 2 N–H and O–H groups in total. The average molecular weight is 274 g/mol. The minimum atomic E-state index is 0.134. The molecule has 0 aromatic heterocycles. The van der Waals surface area contributed by atoms with E-state index < -0.39 is 0 Å². The fourth-order valence-corrected chi connectivity index (χ4v) is 3.40. The van der Waals surface area contributed by atoms with Gasteiger partial charge >= 0.3 is 0 Å². The van der Waals surface area contributed by atoms with E-state index in [1.807, 2.05) is 0 Å². The normalized spacial score (nSPS) is 17.0. The second-order valence-corrected chi connectivity index (χ2v) is 7.00. The Hall–Kier alpha value is -0.860. The highest BCUT2D eigenvalue weighted by atomic mass is 15.2. The Kier molecular flexibility index (Phi) is 4.87. The van der Waals surface area contributed by atoms with Crippen molar-refractivity contribution < 1.29 is 0 Å². The van der Waals surface area contributed by atoms with E-state index in [4.69, 9.17) is 5.73 Å². The summed E-state index contributed by atoms with van der Waals surface area (Å²) in [7, 11) is 0. The molecule has 1 fully saturated rings. The Morgan fingerprint density at radius 2 is 1.65 bits per heavy atom. The summed E-state index contributed by atoms with van der Waals surface area (Å²) in [6.07, 6.45) is 2.70. The molecule has 112 valence electrons. The number of aryl methyl sites for hydroxylation is 3. The van der Waals surface area contributed by atoms with Crippen LogP contribution in [0.25, 0.3) is 0 Å². The van der Waals surface area contributed by atoms with E-state index in [1.165, 1.54) is 41.6 Å². The number of nitrogens with two attached hydrogens (primary N) is 1. The van der Waals surface area contributed by atoms with Gasteiger partial charge in [0.25, 0.3) is 0 Å². The zero-order valence-electron chi connectivity index (χ0n) is 13.7. The van der Waals surface area contributed by atoms with Crippen molar-refractivity contribution in [1.82, 2.24) is 4.90 Å². The average Bonchev–Trinajstić information content (AvgIpc) is 3.09. The van der Waals surface area contributed by atoms with E-state index in [2.05, 4.69) is 51.7 Å². The van der Waals surface area contributed by atoms with Gasteiger partial charge in [-0.3, -0.25) is 4.90 Å². The molecule has 1 aliphatic rings. The van der Waals surface area contributed by atoms with Crippen molar-refractivity contribution in [2.45, 2.75) is 59.5 Å². The fraction of sp³-hybridized carbons (Fsp3) is 0.667. The minimum absolute atomic E-state index is 0.134. The van der Waals surface area contributed by atoms with E-state index in [1.54, 1.807) is 0 Å². The Bertz CT molecular complexity index is 437. The number of rotatable bonds is 6. The smallest absolute Gasteiger partial charge is 0.0429 e. The predicted octanol–water partition coefficient (Wildman–Crippen LogP) is 3.73. The van der Waals surface area contributed by atoms with E-state index in [0.29, 0.717) is 5.92 Å². The quantitative estimate of drug-likeness (QED) is 0.856. The minimum Gasteiger partial charge on any atom is -0.323 e. The third kappa shape index (κ3) is 3.83. The predicted molar refractivity (Wildman–Crippen MR) is 87.0 cm³/mol. The van der Waals surface area contributed by atoms with Gasteiger partial charge in [0, 0.05) is 25.2 Å². The van der Waals surface area contributed by atoms with Crippen LogP contribution in [-0.4, -0.2) is 24.0 Å². The summed E-state index contributed by atoms with van der Waals surface area (Å²) >= 11 is 0. The van der Waals surface area contributed by atoms with Crippen molar-refractivity contribution in [2.75, 3.05) is 13.1 Å². The van der Waals surface area contributed by atoms with Crippen molar-refractivity contribution in [3.63, 3.8) is 0 Å². The SMILES string of the molecule is Cc1cc(C)c(C(N)CN(CC(C)C)C2CC2)c(C)c1. The molecule has 1 atom stereocenters. The molecular weight excluding hydrogens is 244 g/mol. The third-order valence-corrected chi connectivity index (χ3v) is 4.20. The maximum Gasteiger partial charge on any atom is 0.0429 e. The zero-order chi connectivity index (χ0) is 14.9. The highest BCUT2D eigenvalue weighted by Crippen LogP contribution is 2.30. The van der Waals surface area contributed by atoms with Gasteiger partial charge in [-0.15, -0.1) is 0 Å². The summed E-state index contributed by atoms with van der Waals surface area (Å²) in [5.74, 6) is 0.711. The number of benzene rings is 1. The first-order valence-electron chi connectivity index (χ1n) is 7.96. The molecule has 1 saturated carbocycles. The standard InChI is InChI=1S/C18H30N2/c1-12(2)10-20(16-6-7-16)11-17(19)18-14(4)8-13(3)9-15(18)5/h8-9,12,16-17H,6-7,10-11,19H2,1-5H3. The van der Waals surface area contributed by atoms with Gasteiger partial charge in [-0.2, -0.15) is 0 Å². The molecule has 0 radical (unpaired) electrons. The molecule has 1 aliphatic carbocycles. The van der Waals surface area contributed by atoms with Crippen molar-refractivity contribution in [3.8, 4) is 0 Å². The summed E-state index contributed by atoms with van der Waals surface area (Å²) in [5, 5.41) is 0. The maximum absolute atomic E-state index is 6.55. The molecule has 1 aromatic carbocycles. The summed E-state index contributed by atoms with van der Waals surface area (Å²) in [6, 6.07) is 5.43. The Balaban J connectivity index is 2.12. The molecule has 0 amide bonds. The van der Waals surface area contributed by atoms with Gasteiger partial charge in [0.1, 0.15) is 0 Å². The van der Waals surface area contributed by atoms with Gasteiger partial charge in [-0.05, 0) is 56.2 Å². The molecular formula is C18H30N2. The highest BCUT2D eigenvalue weighted by molar-refractivity contribution is 5.39. The number of hydrogen-bond acceptors (Lipinski definition) is 2. The van der Waals surface area contributed by atoms with Gasteiger partial charge in [0.05, 0.1) is 0 Å². The second-order valence-electron chi connectivity index (χ2n) is 7.00. The molecule has 0 aliphatic heterocycles. The first kappa shape index (κ1) is 15.5. The highest BCUT2D eigenvalue weighted by Gasteiger charge is 2.30. The third-order valence-electron chi connectivity index (χ3n) is 4.20. The molecule has 1 aromatic rings. The van der Waals surface area contributed by atoms with Crippen molar-refractivity contribution in [2.24, 2.45) is 11.7 Å². The van der Waals surface area contributed by atoms with Gasteiger partial charge in [-0.25, -0.2) is 0 Å². The number of nitrogens with zero attached hydrogens (tertiary/aromatic N) is 1. The first-order valence-corrected chi connectivity index (χ1v) is 7.96. The molecule has 0 bridgehead atoms. The lowest BCUT2D eigenvalue weighted by atomic mass is 9.94. The summed E-state index contributed by atoms with van der Waals surface area (Å²) in [5.41, 5.74) is 11.9. The molecule has 0 spiro atoms. The van der Waals surface area contributed by atoms with Gasteiger partial charge < -0.3 is 5.73 Å². The molecule has 20 heavy (non-hydrogen) atoms. The van der Waals surface area contributed by atoms with Gasteiger partial charge in [0.2, 0.25) is 0 Å². The molecule has 0 heterocycles. The van der Waals surface area contributed by atoms with Crippen LogP contribution in [0.1, 0.15) is 55.0 Å². The maximum atomic E-state index is 6.55. The van der Waals surface area contributed by atoms with Gasteiger partial charge in [-0.1, -0.05) is 31.5 Å². The Morgan fingerprint density at radius 3 is 2.10 bits per heavy atom. The summed E-state index contributed by atoms with van der Waals surface area (Å²) < 4.78 is 0. The van der Waals surface area contributed by atoms with E-state index >= 15 is 0 Å². The zero-order valence-corrected chi connectivity index (χ0v) is 13.7. The van der Waals surface area contributed by atoms with Crippen LogP contribution in [-0.2, 0) is 0 Å². The molecule has 0 saturated heterocycles. The fourth-order valence-electron chi connectivity index (χ4n) is 3.40. The van der Waals surface area contributed by atoms with Crippen LogP contribution in [0.3, 0.4) is 0 Å². The van der Waals surface area contributed by atoms with E-state index in [-0.39, 0.29) is 6.04 Å². The monoisotopic (exact) mass is 274 g/mol. The van der Waals surface area contributed by atoms with Crippen LogP contribution in [0.5, 0.6) is 0 Å². The molecule has 1 unspecified atom stereocenters. The van der Waals surface area contributed by atoms with E-state index in [9.17, 15) is 0 Å². The van der Waals surface area contributed by atoms with Crippen LogP contribution in [0, 0.1) is 26.7 Å². The van der Waals surface area contributed by atoms with Crippen molar-refractivity contribution >= 4 is 0 Å². The summed E-state index contributed by atoms with van der Waals surface area (Å²) in [6.45, 7) is 13.3. The molecule has 2 heteroatoms. The van der Waals surface area contributed by atoms with Crippen LogP contribution in [0.2, 0.25) is 0 Å². The Morgan fingerprint density at radius 1 is 1.10 bits per heavy atom. The Labute approximate surface area is 124 Å². The lowest BCUT2D eigenvalue weighted by molar-refractivity contribution is 0.221. The second kappa shape index (κ2) is 6.28.